The minimum Gasteiger partial charge on any atom is -0.464 e. The number of hydrogen-bond acceptors (Lipinski definition) is 7. The Morgan fingerprint density at radius 3 is 2.48 bits per heavy atom. The first-order valence-electron chi connectivity index (χ1n) is 8.71. The lowest BCUT2D eigenvalue weighted by atomic mass is 9.96. The lowest BCUT2D eigenvalue weighted by Crippen LogP contribution is -2.12. The zero-order valence-electron chi connectivity index (χ0n) is 15.7. The largest absolute Gasteiger partial charge is 0.464 e. The number of carbonyl (C=O) groups is 1. The number of carbonyl (C=O) groups excluding carboxylic acids is 1. The molecule has 0 unspecified atom stereocenters. The standard InChI is InChI=1S/C21H16FN5O2/c1-11-15-9-13(5-8-16(15)25-10-24-11)17-18(12-3-6-14(22)7-4-12)26-21(23)27-19(17)20(28)29-2/h3-10H,1-2H3,(H2,23,26,27). The van der Waals surface area contributed by atoms with Crippen molar-refractivity contribution in [3.8, 4) is 22.4 Å². The number of nitrogens with two attached hydrogens (primary N) is 1. The Morgan fingerprint density at radius 1 is 1.03 bits per heavy atom. The van der Waals surface area contributed by atoms with E-state index in [9.17, 15) is 9.18 Å². The summed E-state index contributed by atoms with van der Waals surface area (Å²) >= 11 is 0. The molecule has 0 amide bonds. The SMILES string of the molecule is COC(=O)c1nc(N)nc(-c2ccc(F)cc2)c1-c1ccc2ncnc(C)c2c1. The quantitative estimate of drug-likeness (QED) is 0.534. The second kappa shape index (κ2) is 7.23. The average Bonchev–Trinajstić information content (AvgIpc) is 2.73. The molecule has 2 aromatic carbocycles. The molecule has 4 rings (SSSR count). The molecule has 144 valence electrons. The third-order valence-electron chi connectivity index (χ3n) is 4.55. The molecule has 0 aliphatic carbocycles. The summed E-state index contributed by atoms with van der Waals surface area (Å²) in [6.07, 6.45) is 1.49. The Morgan fingerprint density at radius 2 is 1.76 bits per heavy atom. The number of nitrogen functional groups attached to an aromatic ring is 1. The third-order valence-corrected chi connectivity index (χ3v) is 4.55. The van der Waals surface area contributed by atoms with Gasteiger partial charge in [-0.15, -0.1) is 0 Å². The zero-order chi connectivity index (χ0) is 20.5. The van der Waals surface area contributed by atoms with Gasteiger partial charge in [0.1, 0.15) is 12.1 Å². The predicted octanol–water partition coefficient (Wildman–Crippen LogP) is 3.57. The van der Waals surface area contributed by atoms with Crippen LogP contribution in [0.2, 0.25) is 0 Å². The number of aryl methyl sites for hydroxylation is 1. The first-order chi connectivity index (χ1) is 14.0. The number of methoxy groups -OCH3 is 1. The molecule has 0 saturated carbocycles. The minimum atomic E-state index is -0.654. The van der Waals surface area contributed by atoms with Gasteiger partial charge in [-0.2, -0.15) is 0 Å². The van der Waals surface area contributed by atoms with Crippen molar-refractivity contribution in [1.29, 1.82) is 0 Å². The average molecular weight is 389 g/mol. The van der Waals surface area contributed by atoms with E-state index >= 15 is 0 Å². The number of anilines is 1. The minimum absolute atomic E-state index is 0.0215. The van der Waals surface area contributed by atoms with Crippen molar-refractivity contribution in [3.63, 3.8) is 0 Å². The van der Waals surface area contributed by atoms with Crippen LogP contribution in [0.25, 0.3) is 33.3 Å². The summed E-state index contributed by atoms with van der Waals surface area (Å²) < 4.78 is 18.3. The molecule has 8 heteroatoms. The molecule has 0 radical (unpaired) electrons. The highest BCUT2D eigenvalue weighted by Crippen LogP contribution is 2.35. The molecule has 0 fully saturated rings. The highest BCUT2D eigenvalue weighted by atomic mass is 19.1. The number of aromatic nitrogens is 4. The molecule has 0 saturated heterocycles. The number of benzene rings is 2. The van der Waals surface area contributed by atoms with Gasteiger partial charge in [-0.1, -0.05) is 6.07 Å². The Balaban J connectivity index is 2.06. The van der Waals surface area contributed by atoms with Crippen molar-refractivity contribution in [2.45, 2.75) is 6.92 Å². The Bertz CT molecular complexity index is 1240. The van der Waals surface area contributed by atoms with Gasteiger partial charge in [-0.05, 0) is 48.9 Å². The molecule has 0 bridgehead atoms. The van der Waals surface area contributed by atoms with E-state index in [1.165, 1.54) is 25.6 Å². The molecule has 0 atom stereocenters. The molecule has 4 aromatic rings. The van der Waals surface area contributed by atoms with Crippen LogP contribution in [0, 0.1) is 12.7 Å². The molecule has 7 nitrogen and oxygen atoms in total. The van der Waals surface area contributed by atoms with Crippen LogP contribution in [0.15, 0.2) is 48.8 Å². The predicted molar refractivity (Wildman–Crippen MR) is 106 cm³/mol. The lowest BCUT2D eigenvalue weighted by Gasteiger charge is -2.14. The molecule has 29 heavy (non-hydrogen) atoms. The Labute approximate surface area is 165 Å². The van der Waals surface area contributed by atoms with E-state index in [1.807, 2.05) is 25.1 Å². The van der Waals surface area contributed by atoms with Crippen LogP contribution in [-0.2, 0) is 4.74 Å². The number of nitrogens with zero attached hydrogens (tertiary/aromatic N) is 4. The lowest BCUT2D eigenvalue weighted by molar-refractivity contribution is 0.0595. The van der Waals surface area contributed by atoms with Crippen LogP contribution in [0.5, 0.6) is 0 Å². The maximum absolute atomic E-state index is 13.4. The van der Waals surface area contributed by atoms with Crippen molar-refractivity contribution < 1.29 is 13.9 Å². The van der Waals surface area contributed by atoms with Crippen LogP contribution in [0.1, 0.15) is 16.2 Å². The second-order valence-electron chi connectivity index (χ2n) is 6.34. The van der Waals surface area contributed by atoms with Crippen molar-refractivity contribution >= 4 is 22.8 Å². The van der Waals surface area contributed by atoms with Gasteiger partial charge in [-0.3, -0.25) is 0 Å². The topological polar surface area (TPSA) is 104 Å². The Kier molecular flexibility index (Phi) is 4.59. The van der Waals surface area contributed by atoms with Gasteiger partial charge in [0.25, 0.3) is 0 Å². The molecule has 2 aromatic heterocycles. The van der Waals surface area contributed by atoms with Crippen molar-refractivity contribution in [1.82, 2.24) is 19.9 Å². The molecule has 0 aliphatic heterocycles. The Hall–Kier alpha value is -3.94. The van der Waals surface area contributed by atoms with Crippen LogP contribution in [0.3, 0.4) is 0 Å². The van der Waals surface area contributed by atoms with Gasteiger partial charge in [0.05, 0.1) is 18.3 Å². The van der Waals surface area contributed by atoms with E-state index in [4.69, 9.17) is 10.5 Å². The highest BCUT2D eigenvalue weighted by molar-refractivity contribution is 6.01. The molecule has 0 spiro atoms. The second-order valence-corrected chi connectivity index (χ2v) is 6.34. The van der Waals surface area contributed by atoms with Crippen LogP contribution in [-0.4, -0.2) is 33.0 Å². The summed E-state index contributed by atoms with van der Waals surface area (Å²) in [7, 11) is 1.26. The third kappa shape index (κ3) is 3.36. The summed E-state index contributed by atoms with van der Waals surface area (Å²) in [5, 5.41) is 0.822. The summed E-state index contributed by atoms with van der Waals surface area (Å²) in [6.45, 7) is 1.87. The fourth-order valence-corrected chi connectivity index (χ4v) is 3.15. The normalized spacial score (nSPS) is 10.9. The van der Waals surface area contributed by atoms with Gasteiger partial charge < -0.3 is 10.5 Å². The number of halogens is 1. The smallest absolute Gasteiger partial charge is 0.357 e. The zero-order valence-corrected chi connectivity index (χ0v) is 15.7. The number of hydrogen-bond donors (Lipinski definition) is 1. The van der Waals surface area contributed by atoms with Crippen LogP contribution in [0.4, 0.5) is 10.3 Å². The van der Waals surface area contributed by atoms with Gasteiger partial charge >= 0.3 is 5.97 Å². The molecule has 0 aliphatic rings. The van der Waals surface area contributed by atoms with Gasteiger partial charge in [0.2, 0.25) is 5.95 Å². The van der Waals surface area contributed by atoms with Gasteiger partial charge in [-0.25, -0.2) is 29.1 Å². The van der Waals surface area contributed by atoms with Crippen molar-refractivity contribution in [3.05, 3.63) is 66.0 Å². The number of fused-ring (bicyclic) bond motifs is 1. The van der Waals surface area contributed by atoms with E-state index in [0.717, 1.165) is 16.6 Å². The van der Waals surface area contributed by atoms with Crippen molar-refractivity contribution in [2.24, 2.45) is 0 Å². The summed E-state index contributed by atoms with van der Waals surface area (Å²) in [5.74, 6) is -1.13. The fraction of sp³-hybridized carbons (Fsp3) is 0.0952. The van der Waals surface area contributed by atoms with E-state index in [2.05, 4.69) is 19.9 Å². The molecule has 2 N–H and O–H groups in total. The maximum Gasteiger partial charge on any atom is 0.357 e. The maximum atomic E-state index is 13.4. The van der Waals surface area contributed by atoms with E-state index in [0.29, 0.717) is 22.4 Å². The van der Waals surface area contributed by atoms with E-state index in [-0.39, 0.29) is 17.5 Å². The first kappa shape index (κ1) is 18.4. The van der Waals surface area contributed by atoms with E-state index in [1.54, 1.807) is 12.1 Å². The summed E-state index contributed by atoms with van der Waals surface area (Å²) in [6, 6.07) is 11.3. The van der Waals surface area contributed by atoms with Gasteiger partial charge in [0.15, 0.2) is 5.69 Å². The molecule has 2 heterocycles. The highest BCUT2D eigenvalue weighted by Gasteiger charge is 2.23. The summed E-state index contributed by atoms with van der Waals surface area (Å²) in [5.41, 5.74) is 9.51. The van der Waals surface area contributed by atoms with Crippen LogP contribution < -0.4 is 5.73 Å². The number of rotatable bonds is 3. The van der Waals surface area contributed by atoms with Crippen molar-refractivity contribution in [2.75, 3.05) is 12.8 Å². The monoisotopic (exact) mass is 389 g/mol. The van der Waals surface area contributed by atoms with Gasteiger partial charge in [0, 0.05) is 22.2 Å². The van der Waals surface area contributed by atoms with Crippen LogP contribution >= 0.6 is 0 Å². The molecular formula is C21H16FN5O2. The first-order valence-corrected chi connectivity index (χ1v) is 8.71. The number of ether oxygens (including phenoxy) is 1. The summed E-state index contributed by atoms with van der Waals surface area (Å²) in [4.78, 5) is 29.4. The number of esters is 1. The fourth-order valence-electron chi connectivity index (χ4n) is 3.15. The molecular weight excluding hydrogens is 373 g/mol. The van der Waals surface area contributed by atoms with E-state index < -0.39 is 5.97 Å².